The molecule has 0 aliphatic rings. The first-order valence-corrected chi connectivity index (χ1v) is 7.85. The zero-order valence-corrected chi connectivity index (χ0v) is 13.7. The summed E-state index contributed by atoms with van der Waals surface area (Å²) < 4.78 is 5.47. The summed E-state index contributed by atoms with van der Waals surface area (Å²) in [5.41, 5.74) is 0.631. The molecule has 0 aromatic heterocycles. The predicted molar refractivity (Wildman–Crippen MR) is 88.0 cm³/mol. The van der Waals surface area contributed by atoms with Crippen molar-refractivity contribution in [1.82, 2.24) is 4.90 Å². The van der Waals surface area contributed by atoms with Crippen LogP contribution < -0.4 is 10.1 Å². The molecule has 0 fully saturated rings. The normalized spacial score (nSPS) is 10.1. The van der Waals surface area contributed by atoms with Crippen molar-refractivity contribution in [2.24, 2.45) is 0 Å². The minimum atomic E-state index is -0.209. The first-order chi connectivity index (χ1) is 10.6. The van der Waals surface area contributed by atoms with Gasteiger partial charge in [0.15, 0.2) is 0 Å². The summed E-state index contributed by atoms with van der Waals surface area (Å²) in [5, 5.41) is 2.81. The SMILES string of the molecule is CCCCCN(CC(=O)Nc1ccccc1OCC)C(C)=O. The van der Waals surface area contributed by atoms with Crippen molar-refractivity contribution in [2.45, 2.75) is 40.0 Å². The van der Waals surface area contributed by atoms with Crippen molar-refractivity contribution >= 4 is 17.5 Å². The molecule has 0 saturated carbocycles. The summed E-state index contributed by atoms with van der Waals surface area (Å²) in [4.78, 5) is 25.4. The van der Waals surface area contributed by atoms with Crippen LogP contribution in [0.3, 0.4) is 0 Å². The van der Waals surface area contributed by atoms with Gasteiger partial charge < -0.3 is 15.0 Å². The van der Waals surface area contributed by atoms with Gasteiger partial charge in [-0.1, -0.05) is 31.9 Å². The summed E-state index contributed by atoms with van der Waals surface area (Å²) in [7, 11) is 0. The van der Waals surface area contributed by atoms with Crippen LogP contribution in [0.2, 0.25) is 0 Å². The number of ether oxygens (including phenoxy) is 1. The maximum Gasteiger partial charge on any atom is 0.244 e. The first-order valence-electron chi connectivity index (χ1n) is 7.85. The van der Waals surface area contributed by atoms with Crippen LogP contribution in [-0.4, -0.2) is 36.4 Å². The molecule has 122 valence electrons. The van der Waals surface area contributed by atoms with Gasteiger partial charge in [-0.05, 0) is 25.5 Å². The molecule has 0 radical (unpaired) electrons. The monoisotopic (exact) mass is 306 g/mol. The molecule has 1 aromatic rings. The Kier molecular flexibility index (Phi) is 8.04. The number of hydrogen-bond donors (Lipinski definition) is 1. The highest BCUT2D eigenvalue weighted by Crippen LogP contribution is 2.23. The van der Waals surface area contributed by atoms with E-state index in [2.05, 4.69) is 12.2 Å². The van der Waals surface area contributed by atoms with Crippen molar-refractivity contribution in [2.75, 3.05) is 25.0 Å². The third kappa shape index (κ3) is 6.16. The molecule has 1 rings (SSSR count). The fourth-order valence-electron chi connectivity index (χ4n) is 2.11. The number of para-hydroxylation sites is 2. The lowest BCUT2D eigenvalue weighted by molar-refractivity contribution is -0.132. The second kappa shape index (κ2) is 9.82. The Bertz CT molecular complexity index is 489. The van der Waals surface area contributed by atoms with Gasteiger partial charge in [0.05, 0.1) is 18.8 Å². The van der Waals surface area contributed by atoms with Gasteiger partial charge in [0, 0.05) is 13.5 Å². The van der Waals surface area contributed by atoms with Crippen LogP contribution in [0, 0.1) is 0 Å². The lowest BCUT2D eigenvalue weighted by Gasteiger charge is -2.20. The molecule has 5 heteroatoms. The van der Waals surface area contributed by atoms with E-state index in [4.69, 9.17) is 4.74 Å². The number of amides is 2. The summed E-state index contributed by atoms with van der Waals surface area (Å²) >= 11 is 0. The summed E-state index contributed by atoms with van der Waals surface area (Å²) in [5.74, 6) is 0.349. The second-order valence-corrected chi connectivity index (χ2v) is 5.13. The van der Waals surface area contributed by atoms with Gasteiger partial charge >= 0.3 is 0 Å². The first kappa shape index (κ1) is 18.0. The van der Waals surface area contributed by atoms with Gasteiger partial charge in [0.2, 0.25) is 11.8 Å². The van der Waals surface area contributed by atoms with Gasteiger partial charge in [-0.25, -0.2) is 0 Å². The molecule has 1 aromatic carbocycles. The highest BCUT2D eigenvalue weighted by atomic mass is 16.5. The van der Waals surface area contributed by atoms with Gasteiger partial charge in [-0.3, -0.25) is 9.59 Å². The molecule has 0 aliphatic carbocycles. The molecular weight excluding hydrogens is 280 g/mol. The molecule has 0 aliphatic heterocycles. The molecule has 0 unspecified atom stereocenters. The third-order valence-electron chi connectivity index (χ3n) is 3.27. The topological polar surface area (TPSA) is 58.6 Å². The van der Waals surface area contributed by atoms with E-state index in [0.717, 1.165) is 19.3 Å². The molecule has 5 nitrogen and oxygen atoms in total. The molecule has 0 bridgehead atoms. The Labute approximate surface area is 132 Å². The Balaban J connectivity index is 2.61. The van der Waals surface area contributed by atoms with Crippen molar-refractivity contribution in [3.63, 3.8) is 0 Å². The molecular formula is C17H26N2O3. The van der Waals surface area contributed by atoms with E-state index in [1.807, 2.05) is 25.1 Å². The van der Waals surface area contributed by atoms with E-state index in [1.165, 1.54) is 6.92 Å². The van der Waals surface area contributed by atoms with Crippen LogP contribution in [0.15, 0.2) is 24.3 Å². The van der Waals surface area contributed by atoms with Crippen molar-refractivity contribution in [3.8, 4) is 5.75 Å². The molecule has 22 heavy (non-hydrogen) atoms. The molecule has 0 atom stereocenters. The fraction of sp³-hybridized carbons (Fsp3) is 0.529. The van der Waals surface area contributed by atoms with E-state index >= 15 is 0 Å². The van der Waals surface area contributed by atoms with Crippen LogP contribution in [0.25, 0.3) is 0 Å². The average Bonchev–Trinajstić information content (AvgIpc) is 2.48. The van der Waals surface area contributed by atoms with Crippen LogP contribution in [-0.2, 0) is 9.59 Å². The van der Waals surface area contributed by atoms with Gasteiger partial charge in [0.25, 0.3) is 0 Å². The Morgan fingerprint density at radius 1 is 1.18 bits per heavy atom. The van der Waals surface area contributed by atoms with Crippen LogP contribution in [0.1, 0.15) is 40.0 Å². The highest BCUT2D eigenvalue weighted by molar-refractivity contribution is 5.95. The largest absolute Gasteiger partial charge is 0.492 e. The minimum Gasteiger partial charge on any atom is -0.492 e. The number of unbranched alkanes of at least 4 members (excludes halogenated alkanes) is 2. The van der Waals surface area contributed by atoms with Crippen LogP contribution in [0.4, 0.5) is 5.69 Å². The number of carbonyl (C=O) groups is 2. The molecule has 1 N–H and O–H groups in total. The predicted octanol–water partition coefficient (Wildman–Crippen LogP) is 3.06. The van der Waals surface area contributed by atoms with Crippen molar-refractivity contribution < 1.29 is 14.3 Å². The number of nitrogens with zero attached hydrogens (tertiary/aromatic N) is 1. The minimum absolute atomic E-state index is 0.0690. The zero-order valence-electron chi connectivity index (χ0n) is 13.7. The molecule has 0 heterocycles. The molecule has 0 saturated heterocycles. The Morgan fingerprint density at radius 3 is 2.55 bits per heavy atom. The standard InChI is InChI=1S/C17H26N2O3/c1-4-6-9-12-19(14(3)20)13-17(21)18-15-10-7-8-11-16(15)22-5-2/h7-8,10-11H,4-6,9,12-13H2,1-3H3,(H,18,21). The Morgan fingerprint density at radius 2 is 1.91 bits per heavy atom. The smallest absolute Gasteiger partial charge is 0.244 e. The second-order valence-electron chi connectivity index (χ2n) is 5.13. The Hall–Kier alpha value is -2.04. The summed E-state index contributed by atoms with van der Waals surface area (Å²) in [6, 6.07) is 7.29. The van der Waals surface area contributed by atoms with Gasteiger partial charge in [0.1, 0.15) is 5.75 Å². The quantitative estimate of drug-likeness (QED) is 0.713. The van der Waals surface area contributed by atoms with E-state index in [9.17, 15) is 9.59 Å². The van der Waals surface area contributed by atoms with Crippen LogP contribution in [0.5, 0.6) is 5.75 Å². The number of hydrogen-bond acceptors (Lipinski definition) is 3. The number of carbonyl (C=O) groups excluding carboxylic acids is 2. The van der Waals surface area contributed by atoms with Gasteiger partial charge in [-0.2, -0.15) is 0 Å². The van der Waals surface area contributed by atoms with Gasteiger partial charge in [-0.15, -0.1) is 0 Å². The lowest BCUT2D eigenvalue weighted by Crippen LogP contribution is -2.37. The maximum atomic E-state index is 12.2. The fourth-order valence-corrected chi connectivity index (χ4v) is 2.11. The lowest BCUT2D eigenvalue weighted by atomic mass is 10.2. The van der Waals surface area contributed by atoms with E-state index in [-0.39, 0.29) is 18.4 Å². The molecule has 0 spiro atoms. The number of benzene rings is 1. The number of nitrogens with one attached hydrogen (secondary N) is 1. The summed E-state index contributed by atoms with van der Waals surface area (Å²) in [6.45, 7) is 6.71. The zero-order chi connectivity index (χ0) is 16.4. The number of rotatable bonds is 9. The van der Waals surface area contributed by atoms with E-state index < -0.39 is 0 Å². The summed E-state index contributed by atoms with van der Waals surface area (Å²) in [6.07, 6.45) is 3.05. The number of anilines is 1. The van der Waals surface area contributed by atoms with Crippen molar-refractivity contribution in [1.29, 1.82) is 0 Å². The van der Waals surface area contributed by atoms with Crippen molar-refractivity contribution in [3.05, 3.63) is 24.3 Å². The van der Waals surface area contributed by atoms with Crippen LogP contribution >= 0.6 is 0 Å². The van der Waals surface area contributed by atoms with E-state index in [1.54, 1.807) is 11.0 Å². The third-order valence-corrected chi connectivity index (χ3v) is 3.27. The maximum absolute atomic E-state index is 12.2. The molecule has 2 amide bonds. The van der Waals surface area contributed by atoms with E-state index in [0.29, 0.717) is 24.6 Å². The highest BCUT2D eigenvalue weighted by Gasteiger charge is 2.14. The average molecular weight is 306 g/mol.